The van der Waals surface area contributed by atoms with Gasteiger partial charge in [-0.1, -0.05) is 12.8 Å². The molecule has 1 saturated carbocycles. The number of fused-ring (bicyclic) bond motifs is 1. The molecule has 1 fully saturated rings. The summed E-state index contributed by atoms with van der Waals surface area (Å²) in [6, 6.07) is 1.90. The summed E-state index contributed by atoms with van der Waals surface area (Å²) in [6.07, 6.45) is 5.48. The molecule has 1 aliphatic rings. The lowest BCUT2D eigenvalue weighted by atomic mass is 10.3. The molecule has 1 aliphatic carbocycles. The standard InChI is InChI=1S/C11H12N2OS/c14-11-10-9(4-6-15-10)12-7-13(11)5-3-8-1-2-8/h4,6-8H,1-3,5H2. The maximum absolute atomic E-state index is 12.0. The first kappa shape index (κ1) is 9.09. The third kappa shape index (κ3) is 1.69. The van der Waals surface area contributed by atoms with Crippen LogP contribution in [0.4, 0.5) is 0 Å². The first-order valence-corrected chi connectivity index (χ1v) is 6.15. The molecule has 0 unspecified atom stereocenters. The highest BCUT2D eigenvalue weighted by molar-refractivity contribution is 7.17. The van der Waals surface area contributed by atoms with Gasteiger partial charge in [0.1, 0.15) is 4.70 Å². The fourth-order valence-corrected chi connectivity index (χ4v) is 2.56. The van der Waals surface area contributed by atoms with E-state index in [4.69, 9.17) is 0 Å². The van der Waals surface area contributed by atoms with E-state index < -0.39 is 0 Å². The van der Waals surface area contributed by atoms with Crippen LogP contribution >= 0.6 is 11.3 Å². The predicted octanol–water partition coefficient (Wildman–Crippen LogP) is 2.26. The second kappa shape index (κ2) is 3.45. The number of thiophene rings is 1. The van der Waals surface area contributed by atoms with Crippen LogP contribution in [0.1, 0.15) is 19.3 Å². The highest BCUT2D eigenvalue weighted by atomic mass is 32.1. The maximum Gasteiger partial charge on any atom is 0.271 e. The van der Waals surface area contributed by atoms with Gasteiger partial charge >= 0.3 is 0 Å². The fraction of sp³-hybridized carbons (Fsp3) is 0.455. The van der Waals surface area contributed by atoms with Crippen molar-refractivity contribution in [1.29, 1.82) is 0 Å². The van der Waals surface area contributed by atoms with Crippen molar-refractivity contribution in [2.75, 3.05) is 0 Å². The first-order chi connectivity index (χ1) is 7.34. The van der Waals surface area contributed by atoms with Crippen molar-refractivity contribution in [3.8, 4) is 0 Å². The largest absolute Gasteiger partial charge is 0.298 e. The summed E-state index contributed by atoms with van der Waals surface area (Å²) in [5.41, 5.74) is 0.948. The first-order valence-electron chi connectivity index (χ1n) is 5.27. The summed E-state index contributed by atoms with van der Waals surface area (Å²) in [7, 11) is 0. The Morgan fingerprint density at radius 2 is 2.40 bits per heavy atom. The number of nitrogens with zero attached hydrogens (tertiary/aromatic N) is 2. The van der Waals surface area contributed by atoms with Crippen molar-refractivity contribution in [2.45, 2.75) is 25.8 Å². The van der Waals surface area contributed by atoms with E-state index in [0.717, 1.165) is 29.1 Å². The Labute approximate surface area is 91.4 Å². The zero-order chi connectivity index (χ0) is 10.3. The quantitative estimate of drug-likeness (QED) is 0.795. The summed E-state index contributed by atoms with van der Waals surface area (Å²) in [5.74, 6) is 0.857. The molecule has 0 radical (unpaired) electrons. The molecule has 0 N–H and O–H groups in total. The SMILES string of the molecule is O=c1c2sccc2ncn1CCC1CC1. The molecular weight excluding hydrogens is 208 g/mol. The van der Waals surface area contributed by atoms with Gasteiger partial charge in [0, 0.05) is 6.54 Å². The topological polar surface area (TPSA) is 34.9 Å². The van der Waals surface area contributed by atoms with Crippen molar-refractivity contribution in [1.82, 2.24) is 9.55 Å². The van der Waals surface area contributed by atoms with E-state index in [9.17, 15) is 4.79 Å². The molecule has 3 nitrogen and oxygen atoms in total. The number of aromatic nitrogens is 2. The number of rotatable bonds is 3. The second-order valence-electron chi connectivity index (χ2n) is 4.11. The molecular formula is C11H12N2OS. The van der Waals surface area contributed by atoms with Crippen LogP contribution in [0.25, 0.3) is 10.2 Å². The summed E-state index contributed by atoms with van der Waals surface area (Å²) in [5, 5.41) is 1.92. The summed E-state index contributed by atoms with van der Waals surface area (Å²) in [4.78, 5) is 16.2. The van der Waals surface area contributed by atoms with Crippen LogP contribution in [-0.4, -0.2) is 9.55 Å². The van der Waals surface area contributed by atoms with Crippen molar-refractivity contribution in [3.05, 3.63) is 28.1 Å². The van der Waals surface area contributed by atoms with Crippen molar-refractivity contribution in [2.24, 2.45) is 5.92 Å². The summed E-state index contributed by atoms with van der Waals surface area (Å²) >= 11 is 1.48. The molecule has 15 heavy (non-hydrogen) atoms. The van der Waals surface area contributed by atoms with Gasteiger partial charge in [-0.3, -0.25) is 9.36 Å². The molecule has 2 heterocycles. The highest BCUT2D eigenvalue weighted by Gasteiger charge is 2.20. The predicted molar refractivity (Wildman–Crippen MR) is 61.2 cm³/mol. The van der Waals surface area contributed by atoms with Crippen molar-refractivity contribution >= 4 is 21.6 Å². The van der Waals surface area contributed by atoms with Gasteiger partial charge < -0.3 is 0 Å². The lowest BCUT2D eigenvalue weighted by molar-refractivity contribution is 0.578. The van der Waals surface area contributed by atoms with Crippen molar-refractivity contribution in [3.63, 3.8) is 0 Å². The summed E-state index contributed by atoms with van der Waals surface area (Å²) in [6.45, 7) is 0.824. The number of hydrogen-bond acceptors (Lipinski definition) is 3. The molecule has 0 amide bonds. The Morgan fingerprint density at radius 1 is 1.53 bits per heavy atom. The van der Waals surface area contributed by atoms with Gasteiger partial charge in [-0.15, -0.1) is 11.3 Å². The van der Waals surface area contributed by atoms with Crippen LogP contribution in [0.2, 0.25) is 0 Å². The molecule has 0 aromatic carbocycles. The van der Waals surface area contributed by atoms with Crippen LogP contribution in [0.15, 0.2) is 22.6 Å². The molecule has 78 valence electrons. The number of hydrogen-bond donors (Lipinski definition) is 0. The molecule has 0 spiro atoms. The van der Waals surface area contributed by atoms with E-state index in [1.807, 2.05) is 11.4 Å². The molecule has 0 aliphatic heterocycles. The monoisotopic (exact) mass is 220 g/mol. The van der Waals surface area contributed by atoms with E-state index in [-0.39, 0.29) is 5.56 Å². The van der Waals surface area contributed by atoms with Gasteiger partial charge in [-0.25, -0.2) is 4.98 Å². The number of aryl methyl sites for hydroxylation is 1. The third-order valence-electron chi connectivity index (χ3n) is 2.91. The lowest BCUT2D eigenvalue weighted by Gasteiger charge is -2.03. The average Bonchev–Trinajstić information content (AvgIpc) is 2.93. The normalized spacial score (nSPS) is 16.0. The minimum absolute atomic E-state index is 0.121. The van der Waals surface area contributed by atoms with Crippen molar-refractivity contribution < 1.29 is 0 Å². The highest BCUT2D eigenvalue weighted by Crippen LogP contribution is 2.32. The Bertz CT molecular complexity index is 539. The molecule has 2 aromatic heterocycles. The Morgan fingerprint density at radius 3 is 3.20 bits per heavy atom. The maximum atomic E-state index is 12.0. The molecule has 4 heteroatoms. The van der Waals surface area contributed by atoms with Gasteiger partial charge in [0.15, 0.2) is 0 Å². The van der Waals surface area contributed by atoms with E-state index >= 15 is 0 Å². The zero-order valence-electron chi connectivity index (χ0n) is 8.35. The molecule has 0 atom stereocenters. The van der Waals surface area contributed by atoms with Crippen LogP contribution in [-0.2, 0) is 6.54 Å². The van der Waals surface area contributed by atoms with Gasteiger partial charge in [0.05, 0.1) is 11.8 Å². The summed E-state index contributed by atoms with van der Waals surface area (Å²) < 4.78 is 2.53. The minimum Gasteiger partial charge on any atom is -0.298 e. The van der Waals surface area contributed by atoms with E-state index in [1.165, 1.54) is 24.2 Å². The lowest BCUT2D eigenvalue weighted by Crippen LogP contribution is -2.19. The zero-order valence-corrected chi connectivity index (χ0v) is 9.17. The molecule has 3 rings (SSSR count). The molecule has 2 aromatic rings. The van der Waals surface area contributed by atoms with Gasteiger partial charge in [0.25, 0.3) is 5.56 Å². The smallest absolute Gasteiger partial charge is 0.271 e. The van der Waals surface area contributed by atoms with Gasteiger partial charge in [-0.05, 0) is 23.8 Å². The van der Waals surface area contributed by atoms with Crippen LogP contribution < -0.4 is 5.56 Å². The average molecular weight is 220 g/mol. The molecule has 0 saturated heterocycles. The Kier molecular flexibility index (Phi) is 2.09. The van der Waals surface area contributed by atoms with E-state index in [1.54, 1.807) is 10.9 Å². The fourth-order valence-electron chi connectivity index (χ4n) is 1.77. The Balaban J connectivity index is 1.95. The third-order valence-corrected chi connectivity index (χ3v) is 3.80. The van der Waals surface area contributed by atoms with Gasteiger partial charge in [-0.2, -0.15) is 0 Å². The second-order valence-corrected chi connectivity index (χ2v) is 5.03. The van der Waals surface area contributed by atoms with E-state index in [0.29, 0.717) is 0 Å². The van der Waals surface area contributed by atoms with Crippen LogP contribution in [0.5, 0.6) is 0 Å². The van der Waals surface area contributed by atoms with Gasteiger partial charge in [0.2, 0.25) is 0 Å². The van der Waals surface area contributed by atoms with Crippen LogP contribution in [0, 0.1) is 5.92 Å². The minimum atomic E-state index is 0.121. The van der Waals surface area contributed by atoms with E-state index in [2.05, 4.69) is 4.98 Å². The Hall–Kier alpha value is -1.16. The molecule has 0 bridgehead atoms. The van der Waals surface area contributed by atoms with Crippen LogP contribution in [0.3, 0.4) is 0 Å².